The number of aldehydes is 1. The molecule has 0 fully saturated rings. The Labute approximate surface area is 63.0 Å². The van der Waals surface area contributed by atoms with Crippen LogP contribution in [-0.4, -0.2) is 6.29 Å². The van der Waals surface area contributed by atoms with Gasteiger partial charge < -0.3 is 5.73 Å². The van der Waals surface area contributed by atoms with Crippen molar-refractivity contribution < 1.29 is 4.79 Å². The van der Waals surface area contributed by atoms with E-state index in [0.29, 0.717) is 11.8 Å². The second-order valence-corrected chi connectivity index (χ2v) is 2.02. The van der Waals surface area contributed by atoms with Gasteiger partial charge in [0.05, 0.1) is 0 Å². The molecule has 0 amide bonds. The minimum Gasteiger partial charge on any atom is -0.398 e. The third-order valence-corrected chi connectivity index (χ3v) is 1.30. The number of carbonyl (C=O) groups is 1. The highest BCUT2D eigenvalue weighted by Gasteiger charge is 1.98. The Bertz CT molecular complexity index is 296. The molecule has 0 radical (unpaired) electrons. The smallest absolute Gasteiger partial charge is 0.152 e. The van der Waals surface area contributed by atoms with E-state index in [9.17, 15) is 9.70 Å². The fourth-order valence-electron chi connectivity index (χ4n) is 0.726. The molecule has 4 heteroatoms. The van der Waals surface area contributed by atoms with Gasteiger partial charge in [-0.25, -0.2) is 0 Å². The van der Waals surface area contributed by atoms with Gasteiger partial charge >= 0.3 is 0 Å². The quantitative estimate of drug-likeness (QED) is 0.394. The molecule has 0 heterocycles. The molecule has 56 valence electrons. The monoisotopic (exact) mass is 150 g/mol. The van der Waals surface area contributed by atoms with Crippen molar-refractivity contribution in [1.29, 1.82) is 0 Å². The van der Waals surface area contributed by atoms with Gasteiger partial charge in [-0.3, -0.25) is 4.79 Å². The predicted octanol–water partition coefficient (Wildman–Crippen LogP) is 1.48. The fourth-order valence-corrected chi connectivity index (χ4v) is 0.726. The average molecular weight is 150 g/mol. The number of anilines is 1. The molecule has 0 aromatic heterocycles. The summed E-state index contributed by atoms with van der Waals surface area (Å²) in [5, 5.41) is 2.66. The van der Waals surface area contributed by atoms with E-state index in [1.807, 2.05) is 0 Å². The summed E-state index contributed by atoms with van der Waals surface area (Å²) in [6.45, 7) is 0. The Hall–Kier alpha value is -1.71. The molecule has 2 N–H and O–H groups in total. The zero-order chi connectivity index (χ0) is 8.27. The first-order valence-electron chi connectivity index (χ1n) is 2.96. The normalized spacial score (nSPS) is 9.09. The largest absolute Gasteiger partial charge is 0.398 e. The van der Waals surface area contributed by atoms with Gasteiger partial charge in [0.1, 0.15) is 5.69 Å². The van der Waals surface area contributed by atoms with Crippen LogP contribution in [-0.2, 0) is 0 Å². The Kier molecular flexibility index (Phi) is 1.96. The Morgan fingerprint density at radius 1 is 1.45 bits per heavy atom. The Morgan fingerprint density at radius 2 is 2.18 bits per heavy atom. The SMILES string of the molecule is Nc1cc(N=O)ccc1C=O. The lowest BCUT2D eigenvalue weighted by atomic mass is 10.2. The standard InChI is InChI=1S/C7H6N2O2/c8-7-3-6(9-11)2-1-5(7)4-10/h1-4H,8H2. The van der Waals surface area contributed by atoms with Crippen LogP contribution in [0.15, 0.2) is 23.4 Å². The van der Waals surface area contributed by atoms with E-state index >= 15 is 0 Å². The third-order valence-electron chi connectivity index (χ3n) is 1.30. The summed E-state index contributed by atoms with van der Waals surface area (Å²) in [5.41, 5.74) is 6.25. The zero-order valence-corrected chi connectivity index (χ0v) is 5.65. The molecule has 0 aliphatic heterocycles. The number of benzene rings is 1. The van der Waals surface area contributed by atoms with Crippen LogP contribution in [0, 0.1) is 4.91 Å². The summed E-state index contributed by atoms with van der Waals surface area (Å²) in [5.74, 6) is 0. The number of rotatable bonds is 2. The van der Waals surface area contributed by atoms with E-state index in [0.717, 1.165) is 0 Å². The third kappa shape index (κ3) is 1.40. The van der Waals surface area contributed by atoms with Crippen molar-refractivity contribution in [2.24, 2.45) is 5.18 Å². The lowest BCUT2D eigenvalue weighted by Crippen LogP contribution is -1.90. The maximum atomic E-state index is 10.2. The summed E-state index contributed by atoms with van der Waals surface area (Å²) in [7, 11) is 0. The van der Waals surface area contributed by atoms with Crippen LogP contribution in [0.2, 0.25) is 0 Å². The van der Waals surface area contributed by atoms with Crippen LogP contribution in [0.4, 0.5) is 11.4 Å². The van der Waals surface area contributed by atoms with Gasteiger partial charge in [0, 0.05) is 11.3 Å². The molecular weight excluding hydrogens is 144 g/mol. The number of hydrogen-bond donors (Lipinski definition) is 1. The first-order valence-corrected chi connectivity index (χ1v) is 2.96. The second-order valence-electron chi connectivity index (χ2n) is 2.02. The molecule has 1 aromatic carbocycles. The van der Waals surface area contributed by atoms with Gasteiger partial charge in [-0.05, 0) is 23.4 Å². The number of nitrogens with two attached hydrogens (primary N) is 1. The molecule has 1 rings (SSSR count). The van der Waals surface area contributed by atoms with Gasteiger partial charge in [-0.15, -0.1) is 4.91 Å². The predicted molar refractivity (Wildman–Crippen MR) is 41.7 cm³/mol. The van der Waals surface area contributed by atoms with E-state index in [4.69, 9.17) is 5.73 Å². The highest BCUT2D eigenvalue weighted by molar-refractivity contribution is 5.84. The van der Waals surface area contributed by atoms with Crippen molar-refractivity contribution in [1.82, 2.24) is 0 Å². The molecule has 0 unspecified atom stereocenters. The molecule has 1 aromatic rings. The topological polar surface area (TPSA) is 72.5 Å². The van der Waals surface area contributed by atoms with Crippen LogP contribution < -0.4 is 5.73 Å². The lowest BCUT2D eigenvalue weighted by Gasteiger charge is -1.96. The summed E-state index contributed by atoms with van der Waals surface area (Å²) < 4.78 is 0. The van der Waals surface area contributed by atoms with E-state index in [1.54, 1.807) is 0 Å². The average Bonchev–Trinajstić information content (AvgIpc) is 2.04. The molecule has 4 nitrogen and oxygen atoms in total. The summed E-state index contributed by atoms with van der Waals surface area (Å²) in [6.07, 6.45) is 0.629. The molecular formula is C7H6N2O2. The minimum atomic E-state index is 0.230. The Balaban J connectivity index is 3.18. The molecule has 0 saturated heterocycles. The van der Waals surface area contributed by atoms with Gasteiger partial charge in [0.25, 0.3) is 0 Å². The molecule has 0 aliphatic rings. The molecule has 0 spiro atoms. The van der Waals surface area contributed by atoms with Crippen molar-refractivity contribution in [3.8, 4) is 0 Å². The highest BCUT2D eigenvalue weighted by atomic mass is 16.3. The van der Waals surface area contributed by atoms with Crippen molar-refractivity contribution in [2.45, 2.75) is 0 Å². The number of carbonyl (C=O) groups excluding carboxylic acids is 1. The van der Waals surface area contributed by atoms with Crippen LogP contribution >= 0.6 is 0 Å². The zero-order valence-electron chi connectivity index (χ0n) is 5.65. The van der Waals surface area contributed by atoms with Gasteiger partial charge in [0.15, 0.2) is 6.29 Å². The van der Waals surface area contributed by atoms with Crippen molar-refractivity contribution in [3.63, 3.8) is 0 Å². The molecule has 0 aliphatic carbocycles. The number of nitrogen functional groups attached to an aromatic ring is 1. The van der Waals surface area contributed by atoms with Crippen LogP contribution in [0.5, 0.6) is 0 Å². The van der Waals surface area contributed by atoms with Gasteiger partial charge in [-0.1, -0.05) is 0 Å². The minimum absolute atomic E-state index is 0.230. The number of nitroso groups, excluding NO2 is 1. The van der Waals surface area contributed by atoms with Gasteiger partial charge in [-0.2, -0.15) is 0 Å². The van der Waals surface area contributed by atoms with E-state index in [2.05, 4.69) is 5.18 Å². The van der Waals surface area contributed by atoms with Crippen LogP contribution in [0.3, 0.4) is 0 Å². The fraction of sp³-hybridized carbons (Fsp3) is 0. The molecule has 0 saturated carbocycles. The first-order chi connectivity index (χ1) is 5.27. The van der Waals surface area contributed by atoms with E-state index in [1.165, 1.54) is 18.2 Å². The van der Waals surface area contributed by atoms with E-state index < -0.39 is 0 Å². The highest BCUT2D eigenvalue weighted by Crippen LogP contribution is 2.18. The summed E-state index contributed by atoms with van der Waals surface area (Å²) in [4.78, 5) is 20.2. The maximum Gasteiger partial charge on any atom is 0.152 e. The second kappa shape index (κ2) is 2.92. The van der Waals surface area contributed by atoms with E-state index in [-0.39, 0.29) is 11.4 Å². The molecule has 0 atom stereocenters. The number of hydrogen-bond acceptors (Lipinski definition) is 4. The first kappa shape index (κ1) is 7.40. The maximum absolute atomic E-state index is 10.2. The Morgan fingerprint density at radius 3 is 2.64 bits per heavy atom. The van der Waals surface area contributed by atoms with Crippen LogP contribution in [0.25, 0.3) is 0 Å². The van der Waals surface area contributed by atoms with Crippen molar-refractivity contribution in [3.05, 3.63) is 28.7 Å². The van der Waals surface area contributed by atoms with Gasteiger partial charge in [0.2, 0.25) is 0 Å². The van der Waals surface area contributed by atoms with Crippen LogP contribution in [0.1, 0.15) is 10.4 Å². The lowest BCUT2D eigenvalue weighted by molar-refractivity contribution is 0.112. The summed E-state index contributed by atoms with van der Waals surface area (Å²) in [6, 6.07) is 4.25. The molecule has 11 heavy (non-hydrogen) atoms. The molecule has 0 bridgehead atoms. The number of nitrogens with zero attached hydrogens (tertiary/aromatic N) is 1. The van der Waals surface area contributed by atoms with Crippen molar-refractivity contribution in [2.75, 3.05) is 5.73 Å². The summed E-state index contributed by atoms with van der Waals surface area (Å²) >= 11 is 0. The van der Waals surface area contributed by atoms with Crippen molar-refractivity contribution >= 4 is 17.7 Å².